The van der Waals surface area contributed by atoms with Gasteiger partial charge in [-0.1, -0.05) is 0 Å². The van der Waals surface area contributed by atoms with Crippen molar-refractivity contribution in [1.82, 2.24) is 0 Å². The summed E-state index contributed by atoms with van der Waals surface area (Å²) >= 11 is 0. The van der Waals surface area contributed by atoms with Crippen molar-refractivity contribution >= 4 is 0 Å². The molecule has 1 aliphatic carbocycles. The first-order valence-corrected chi connectivity index (χ1v) is 5.41. The third kappa shape index (κ3) is 1.69. The van der Waals surface area contributed by atoms with Gasteiger partial charge in [-0.15, -0.1) is 0 Å². The molecular weight excluding hydrogens is 231 g/mol. The highest BCUT2D eigenvalue weighted by molar-refractivity contribution is 5.42. The quantitative estimate of drug-likeness (QED) is 0.830. The third-order valence-corrected chi connectivity index (χ3v) is 3.50. The molecule has 0 bridgehead atoms. The van der Waals surface area contributed by atoms with Crippen LogP contribution in [0.3, 0.4) is 0 Å². The van der Waals surface area contributed by atoms with Crippen molar-refractivity contribution in [2.45, 2.75) is 31.2 Å². The van der Waals surface area contributed by atoms with E-state index in [1.54, 1.807) is 6.92 Å². The van der Waals surface area contributed by atoms with Crippen molar-refractivity contribution in [3.8, 4) is 5.75 Å². The fourth-order valence-corrected chi connectivity index (χ4v) is 2.23. The smallest absolute Gasteiger partial charge is 0.171 e. The highest BCUT2D eigenvalue weighted by Gasteiger charge is 2.52. The molecule has 2 nitrogen and oxygen atoms in total. The summed E-state index contributed by atoms with van der Waals surface area (Å²) in [6.07, 6.45) is 1.12. The number of benzene rings is 1. The Morgan fingerprint density at radius 2 is 1.88 bits per heavy atom. The van der Waals surface area contributed by atoms with Crippen molar-refractivity contribution in [2.24, 2.45) is 5.73 Å². The van der Waals surface area contributed by atoms with E-state index in [1.165, 1.54) is 7.11 Å². The molecule has 1 atom stereocenters. The molecule has 0 amide bonds. The molecule has 1 saturated carbocycles. The summed E-state index contributed by atoms with van der Waals surface area (Å²) in [4.78, 5) is 0. The zero-order valence-corrected chi connectivity index (χ0v) is 9.69. The van der Waals surface area contributed by atoms with Crippen LogP contribution in [-0.4, -0.2) is 13.2 Å². The molecule has 1 fully saturated rings. The molecule has 0 heterocycles. The number of ether oxygens (including phenoxy) is 1. The van der Waals surface area contributed by atoms with Gasteiger partial charge in [-0.2, -0.15) is 0 Å². The summed E-state index contributed by atoms with van der Waals surface area (Å²) in [7, 11) is 1.21. The van der Waals surface area contributed by atoms with Gasteiger partial charge in [0.2, 0.25) is 0 Å². The highest BCUT2D eigenvalue weighted by Crippen LogP contribution is 2.53. The maximum atomic E-state index is 14.0. The molecule has 0 aliphatic heterocycles. The number of nitrogens with two attached hydrogens (primary N) is 1. The summed E-state index contributed by atoms with van der Waals surface area (Å²) in [6, 6.07) is 0.281. The van der Waals surface area contributed by atoms with E-state index in [4.69, 9.17) is 10.5 Å². The van der Waals surface area contributed by atoms with Crippen LogP contribution in [0.25, 0.3) is 0 Å². The molecule has 1 aromatic rings. The second kappa shape index (κ2) is 3.91. The van der Waals surface area contributed by atoms with Gasteiger partial charge in [-0.05, 0) is 19.8 Å². The molecule has 17 heavy (non-hydrogen) atoms. The Labute approximate surface area is 97.6 Å². The predicted octanol–water partition coefficient (Wildman–Crippen LogP) is 2.49. The lowest BCUT2D eigenvalue weighted by molar-refractivity contribution is 0.361. The summed E-state index contributed by atoms with van der Waals surface area (Å²) in [6.45, 7) is 1.67. The average Bonchev–Trinajstić information content (AvgIpc) is 3.05. The van der Waals surface area contributed by atoms with Crippen molar-refractivity contribution < 1.29 is 17.9 Å². The number of hydrogen-bond acceptors (Lipinski definition) is 2. The van der Waals surface area contributed by atoms with Crippen molar-refractivity contribution in [3.05, 3.63) is 29.1 Å². The minimum Gasteiger partial charge on any atom is -0.494 e. The normalized spacial score (nSPS) is 18.9. The van der Waals surface area contributed by atoms with E-state index in [-0.39, 0.29) is 11.3 Å². The maximum Gasteiger partial charge on any atom is 0.171 e. The van der Waals surface area contributed by atoms with E-state index in [2.05, 4.69) is 0 Å². The van der Waals surface area contributed by atoms with Crippen LogP contribution in [0.15, 0.2) is 6.07 Å². The van der Waals surface area contributed by atoms with Gasteiger partial charge in [0, 0.05) is 23.1 Å². The number of methoxy groups -OCH3 is 1. The molecule has 2 N–H and O–H groups in total. The largest absolute Gasteiger partial charge is 0.494 e. The van der Waals surface area contributed by atoms with Crippen molar-refractivity contribution in [1.29, 1.82) is 0 Å². The molecule has 1 aliphatic rings. The number of rotatable bonds is 3. The molecule has 1 aromatic carbocycles. The minimum absolute atomic E-state index is 0.274. The fraction of sp³-hybridized carbons (Fsp3) is 0.500. The second-order valence-electron chi connectivity index (χ2n) is 4.51. The molecule has 0 spiro atoms. The third-order valence-electron chi connectivity index (χ3n) is 3.50. The fourth-order valence-electron chi connectivity index (χ4n) is 2.23. The van der Waals surface area contributed by atoms with E-state index in [0.717, 1.165) is 0 Å². The zero-order valence-electron chi connectivity index (χ0n) is 9.69. The Kier molecular flexibility index (Phi) is 2.81. The standard InChI is InChI=1S/C12H14F3NO/c1-6(16)12(3-4-12)9-10(14)7(13)5-8(17-2)11(9)15/h5-6H,3-4,16H2,1-2H3. The van der Waals surface area contributed by atoms with Crippen LogP contribution in [0, 0.1) is 17.5 Å². The monoisotopic (exact) mass is 245 g/mol. The van der Waals surface area contributed by atoms with Crippen molar-refractivity contribution in [2.75, 3.05) is 7.11 Å². The number of halogens is 3. The van der Waals surface area contributed by atoms with Gasteiger partial charge in [-0.3, -0.25) is 0 Å². The first-order chi connectivity index (χ1) is 7.94. The van der Waals surface area contributed by atoms with Crippen LogP contribution in [0.4, 0.5) is 13.2 Å². The van der Waals surface area contributed by atoms with Crippen LogP contribution in [0.2, 0.25) is 0 Å². The van der Waals surface area contributed by atoms with Gasteiger partial charge >= 0.3 is 0 Å². The van der Waals surface area contributed by atoms with Gasteiger partial charge in [0.1, 0.15) is 0 Å². The Morgan fingerprint density at radius 3 is 2.29 bits per heavy atom. The van der Waals surface area contributed by atoms with Gasteiger partial charge in [0.25, 0.3) is 0 Å². The summed E-state index contributed by atoms with van der Waals surface area (Å²) < 4.78 is 45.8. The van der Waals surface area contributed by atoms with Gasteiger partial charge in [0.05, 0.1) is 7.11 Å². The molecular formula is C12H14F3NO. The van der Waals surface area contributed by atoms with Gasteiger partial charge < -0.3 is 10.5 Å². The molecule has 94 valence electrons. The predicted molar refractivity (Wildman–Crippen MR) is 57.4 cm³/mol. The van der Waals surface area contributed by atoms with E-state index >= 15 is 0 Å². The van der Waals surface area contributed by atoms with Gasteiger partial charge in [0.15, 0.2) is 23.2 Å². The van der Waals surface area contributed by atoms with Crippen molar-refractivity contribution in [3.63, 3.8) is 0 Å². The summed E-state index contributed by atoms with van der Waals surface area (Å²) in [5, 5.41) is 0. The average molecular weight is 245 g/mol. The van der Waals surface area contributed by atoms with E-state index < -0.39 is 28.9 Å². The Bertz CT molecular complexity index is 456. The molecule has 0 saturated heterocycles. The van der Waals surface area contributed by atoms with Crippen LogP contribution in [-0.2, 0) is 5.41 Å². The lowest BCUT2D eigenvalue weighted by Gasteiger charge is -2.22. The first kappa shape index (κ1) is 12.2. The first-order valence-electron chi connectivity index (χ1n) is 5.41. The topological polar surface area (TPSA) is 35.2 Å². The maximum absolute atomic E-state index is 14.0. The minimum atomic E-state index is -1.15. The Balaban J connectivity index is 2.64. The SMILES string of the molecule is COc1cc(F)c(F)c(C2(C(C)N)CC2)c1F. The number of hydrogen-bond donors (Lipinski definition) is 1. The Hall–Kier alpha value is -1.23. The Morgan fingerprint density at radius 1 is 1.29 bits per heavy atom. The van der Waals surface area contributed by atoms with E-state index in [9.17, 15) is 13.2 Å². The van der Waals surface area contributed by atoms with Crippen LogP contribution < -0.4 is 10.5 Å². The van der Waals surface area contributed by atoms with Crippen LogP contribution in [0.5, 0.6) is 5.75 Å². The van der Waals surface area contributed by atoms with E-state index in [1.807, 2.05) is 0 Å². The van der Waals surface area contributed by atoms with Crippen LogP contribution >= 0.6 is 0 Å². The lowest BCUT2D eigenvalue weighted by Crippen LogP contribution is -2.33. The lowest BCUT2D eigenvalue weighted by atomic mass is 9.88. The van der Waals surface area contributed by atoms with Gasteiger partial charge in [-0.25, -0.2) is 13.2 Å². The molecule has 0 radical (unpaired) electrons. The molecule has 2 rings (SSSR count). The summed E-state index contributed by atoms with van der Waals surface area (Å²) in [5.41, 5.74) is 4.69. The second-order valence-corrected chi connectivity index (χ2v) is 4.51. The molecule has 1 unspecified atom stereocenters. The molecule has 5 heteroatoms. The zero-order chi connectivity index (χ0) is 12.8. The summed E-state index contributed by atoms with van der Waals surface area (Å²) in [5.74, 6) is -3.39. The van der Waals surface area contributed by atoms with E-state index in [0.29, 0.717) is 18.9 Å². The molecule has 0 aromatic heterocycles. The van der Waals surface area contributed by atoms with Crippen LogP contribution in [0.1, 0.15) is 25.3 Å². The highest BCUT2D eigenvalue weighted by atomic mass is 19.2.